The summed E-state index contributed by atoms with van der Waals surface area (Å²) in [6.07, 6.45) is 2.17. The summed E-state index contributed by atoms with van der Waals surface area (Å²) in [4.78, 5) is 1.95. The van der Waals surface area contributed by atoms with E-state index in [2.05, 4.69) is 54.9 Å². The fourth-order valence-electron chi connectivity index (χ4n) is 3.94. The van der Waals surface area contributed by atoms with Crippen LogP contribution in [0.15, 0.2) is 64.5 Å². The highest BCUT2D eigenvalue weighted by Crippen LogP contribution is 2.52. The normalized spacial score (nSPS) is 19.5. The molecule has 0 radical (unpaired) electrons. The van der Waals surface area contributed by atoms with E-state index in [1.165, 1.54) is 16.9 Å². The Bertz CT molecular complexity index is 981. The van der Waals surface area contributed by atoms with Crippen molar-refractivity contribution in [2.24, 2.45) is 0 Å². The lowest BCUT2D eigenvalue weighted by Crippen LogP contribution is -2.17. The highest BCUT2D eigenvalue weighted by Gasteiger charge is 2.43. The Kier molecular flexibility index (Phi) is 2.14. The molecule has 0 N–H and O–H groups in total. The maximum absolute atomic E-state index is 13.0. The molecule has 3 aromatic rings. The Morgan fingerprint density at radius 1 is 0.955 bits per heavy atom. The largest absolute Gasteiger partial charge is 0.318 e. The molecule has 2 aliphatic heterocycles. The van der Waals surface area contributed by atoms with E-state index < -0.39 is 10.8 Å². The van der Waals surface area contributed by atoms with E-state index in [9.17, 15) is 4.21 Å². The van der Waals surface area contributed by atoms with Gasteiger partial charge in [-0.25, -0.2) is 4.21 Å². The van der Waals surface area contributed by atoms with Crippen LogP contribution < -0.4 is 0 Å². The van der Waals surface area contributed by atoms with Gasteiger partial charge in [-0.15, -0.1) is 0 Å². The van der Waals surface area contributed by atoms with Gasteiger partial charge in [0.25, 0.3) is 0 Å². The quantitative estimate of drug-likeness (QED) is 0.476. The van der Waals surface area contributed by atoms with Crippen LogP contribution >= 0.6 is 0 Å². The average Bonchev–Trinajstić information content (AvgIpc) is 3.11. The van der Waals surface area contributed by atoms with Crippen LogP contribution in [0.1, 0.15) is 25.1 Å². The summed E-state index contributed by atoms with van der Waals surface area (Å²) in [5.74, 6) is 0. The predicted octanol–water partition coefficient (Wildman–Crippen LogP) is 4.26. The van der Waals surface area contributed by atoms with E-state index in [0.29, 0.717) is 0 Å². The molecular weight excluding hydrogens is 290 g/mol. The van der Waals surface area contributed by atoms with E-state index in [4.69, 9.17) is 0 Å². The van der Waals surface area contributed by atoms with Crippen molar-refractivity contribution in [3.05, 3.63) is 66.0 Å². The molecule has 2 nitrogen and oxygen atoms in total. The van der Waals surface area contributed by atoms with Crippen molar-refractivity contribution >= 4 is 10.8 Å². The zero-order chi connectivity index (χ0) is 15.1. The molecule has 0 bridgehead atoms. The van der Waals surface area contributed by atoms with Crippen LogP contribution in [0.2, 0.25) is 0 Å². The molecule has 2 aliphatic rings. The van der Waals surface area contributed by atoms with Crippen molar-refractivity contribution in [3.63, 3.8) is 0 Å². The first-order valence-corrected chi connectivity index (χ1v) is 8.62. The molecule has 1 unspecified atom stereocenters. The van der Waals surface area contributed by atoms with Crippen LogP contribution in [0.25, 0.3) is 16.8 Å². The molecule has 1 atom stereocenters. The summed E-state index contributed by atoms with van der Waals surface area (Å²) in [6, 6.07) is 16.5. The van der Waals surface area contributed by atoms with Gasteiger partial charge < -0.3 is 4.57 Å². The Hall–Kier alpha value is -2.13. The second-order valence-electron chi connectivity index (χ2n) is 6.50. The van der Waals surface area contributed by atoms with Crippen LogP contribution in [0.3, 0.4) is 0 Å². The third kappa shape index (κ3) is 1.25. The molecular formula is C19H15NOS. The number of fused-ring (bicyclic) bond motifs is 7. The Labute approximate surface area is 131 Å². The molecule has 108 valence electrons. The Morgan fingerprint density at radius 2 is 1.68 bits per heavy atom. The van der Waals surface area contributed by atoms with E-state index in [1.807, 2.05) is 18.2 Å². The Morgan fingerprint density at radius 3 is 2.55 bits per heavy atom. The van der Waals surface area contributed by atoms with Gasteiger partial charge >= 0.3 is 0 Å². The molecule has 0 amide bonds. The van der Waals surface area contributed by atoms with Crippen LogP contribution in [0.4, 0.5) is 0 Å². The summed E-state index contributed by atoms with van der Waals surface area (Å²) < 4.78 is 15.3. The van der Waals surface area contributed by atoms with Gasteiger partial charge in [0.1, 0.15) is 0 Å². The zero-order valence-electron chi connectivity index (χ0n) is 12.5. The molecule has 2 aromatic carbocycles. The van der Waals surface area contributed by atoms with Gasteiger partial charge in [0.2, 0.25) is 0 Å². The number of hydrogen-bond donors (Lipinski definition) is 0. The third-order valence-electron chi connectivity index (χ3n) is 4.95. The lowest BCUT2D eigenvalue weighted by Gasteiger charge is -2.20. The monoisotopic (exact) mass is 305 g/mol. The third-order valence-corrected chi connectivity index (χ3v) is 6.49. The van der Waals surface area contributed by atoms with Crippen molar-refractivity contribution < 1.29 is 4.21 Å². The second kappa shape index (κ2) is 3.79. The van der Waals surface area contributed by atoms with Gasteiger partial charge in [0, 0.05) is 34.1 Å². The first kappa shape index (κ1) is 12.4. The van der Waals surface area contributed by atoms with E-state index in [1.54, 1.807) is 0 Å². The number of benzene rings is 2. The molecule has 3 heteroatoms. The fraction of sp³-hybridized carbons (Fsp3) is 0.158. The van der Waals surface area contributed by atoms with Crippen molar-refractivity contribution in [2.45, 2.75) is 29.1 Å². The van der Waals surface area contributed by atoms with Gasteiger partial charge in [-0.3, -0.25) is 0 Å². The molecule has 5 rings (SSSR count). The van der Waals surface area contributed by atoms with Crippen molar-refractivity contribution in [1.29, 1.82) is 0 Å². The zero-order valence-corrected chi connectivity index (χ0v) is 13.3. The smallest absolute Gasteiger partial charge is 0.0881 e. The van der Waals surface area contributed by atoms with Crippen LogP contribution in [0, 0.1) is 0 Å². The maximum Gasteiger partial charge on any atom is 0.0881 e. The van der Waals surface area contributed by atoms with Gasteiger partial charge in [-0.1, -0.05) is 50.2 Å². The first-order valence-electron chi connectivity index (χ1n) is 7.47. The summed E-state index contributed by atoms with van der Waals surface area (Å²) in [5.41, 5.74) is 5.82. The van der Waals surface area contributed by atoms with Gasteiger partial charge in [-0.2, -0.15) is 0 Å². The van der Waals surface area contributed by atoms with E-state index >= 15 is 0 Å². The first-order chi connectivity index (χ1) is 10.6. The minimum atomic E-state index is -1.08. The van der Waals surface area contributed by atoms with Crippen molar-refractivity contribution in [3.8, 4) is 16.8 Å². The van der Waals surface area contributed by atoms with Gasteiger partial charge in [-0.05, 0) is 17.7 Å². The molecule has 0 fully saturated rings. The minimum Gasteiger partial charge on any atom is -0.318 e. The minimum absolute atomic E-state index is 0.123. The molecule has 3 heterocycles. The van der Waals surface area contributed by atoms with Gasteiger partial charge in [0.05, 0.1) is 20.6 Å². The van der Waals surface area contributed by atoms with Crippen LogP contribution in [-0.2, 0) is 16.2 Å². The summed E-state index contributed by atoms with van der Waals surface area (Å²) in [7, 11) is -1.08. The second-order valence-corrected chi connectivity index (χ2v) is 7.88. The molecule has 1 aromatic heterocycles. The van der Waals surface area contributed by atoms with E-state index in [-0.39, 0.29) is 5.41 Å². The number of hydrogen-bond acceptors (Lipinski definition) is 1. The number of nitrogens with zero attached hydrogens (tertiary/aromatic N) is 1. The highest BCUT2D eigenvalue weighted by atomic mass is 32.2. The SMILES string of the molecule is CC1(C)c2ccccc2-n2cc3c(c21)S(=O)c1ccccc1-3. The molecule has 0 spiro atoms. The molecule has 0 saturated carbocycles. The van der Waals surface area contributed by atoms with Crippen molar-refractivity contribution in [1.82, 2.24) is 4.57 Å². The number of rotatable bonds is 0. The molecule has 0 saturated heterocycles. The lowest BCUT2D eigenvalue weighted by molar-refractivity contribution is 0.624. The highest BCUT2D eigenvalue weighted by molar-refractivity contribution is 7.85. The maximum atomic E-state index is 13.0. The number of aromatic nitrogens is 1. The van der Waals surface area contributed by atoms with Crippen molar-refractivity contribution in [2.75, 3.05) is 0 Å². The number of para-hydroxylation sites is 1. The van der Waals surface area contributed by atoms with Crippen LogP contribution in [0.5, 0.6) is 0 Å². The lowest BCUT2D eigenvalue weighted by atomic mass is 9.83. The topological polar surface area (TPSA) is 22.0 Å². The predicted molar refractivity (Wildman–Crippen MR) is 88.0 cm³/mol. The summed E-state index contributed by atoms with van der Waals surface area (Å²) in [5, 5.41) is 0. The molecule has 0 aliphatic carbocycles. The average molecular weight is 305 g/mol. The standard InChI is InChI=1S/C19H15NOS/c1-19(2)14-8-4-5-9-15(14)20-11-13-12-7-3-6-10-16(12)22(21)17(13)18(19)20/h3-11H,1-2H3. The van der Waals surface area contributed by atoms with E-state index in [0.717, 1.165) is 20.9 Å². The fourth-order valence-corrected chi connectivity index (χ4v) is 5.64. The summed E-state index contributed by atoms with van der Waals surface area (Å²) >= 11 is 0. The summed E-state index contributed by atoms with van der Waals surface area (Å²) in [6.45, 7) is 4.45. The van der Waals surface area contributed by atoms with Gasteiger partial charge in [0.15, 0.2) is 0 Å². The Balaban J connectivity index is 1.90. The molecule has 22 heavy (non-hydrogen) atoms. The van der Waals surface area contributed by atoms with Crippen LogP contribution in [-0.4, -0.2) is 8.78 Å².